The predicted molar refractivity (Wildman–Crippen MR) is 118 cm³/mol. The monoisotopic (exact) mass is 454 g/mol. The topological polar surface area (TPSA) is 101 Å². The molecular formula is C22H26N6O3S. The van der Waals surface area contributed by atoms with E-state index in [9.17, 15) is 13.2 Å². The van der Waals surface area contributed by atoms with E-state index < -0.39 is 16.1 Å². The molecule has 1 aliphatic rings. The number of sulfonamides is 1. The van der Waals surface area contributed by atoms with Crippen LogP contribution in [0.15, 0.2) is 59.8 Å². The number of benzene rings is 2. The molecule has 0 N–H and O–H groups in total. The molecule has 9 nitrogen and oxygen atoms in total. The van der Waals surface area contributed by atoms with Crippen LogP contribution in [-0.2, 0) is 21.2 Å². The van der Waals surface area contributed by atoms with Crippen molar-refractivity contribution in [2.75, 3.05) is 26.2 Å². The van der Waals surface area contributed by atoms with E-state index >= 15 is 0 Å². The number of hydrogen-bond acceptors (Lipinski definition) is 6. The quantitative estimate of drug-likeness (QED) is 0.561. The maximum absolute atomic E-state index is 13.4. The second-order valence-corrected chi connectivity index (χ2v) is 9.90. The molecule has 10 heteroatoms. The highest BCUT2D eigenvalue weighted by Gasteiger charge is 2.34. The van der Waals surface area contributed by atoms with Crippen LogP contribution in [0, 0.1) is 13.8 Å². The summed E-state index contributed by atoms with van der Waals surface area (Å²) >= 11 is 0. The van der Waals surface area contributed by atoms with Crippen molar-refractivity contribution in [2.45, 2.75) is 31.2 Å². The lowest BCUT2D eigenvalue weighted by molar-refractivity contribution is -0.136. The third-order valence-corrected chi connectivity index (χ3v) is 7.79. The third kappa shape index (κ3) is 4.56. The second-order valence-electron chi connectivity index (χ2n) is 7.99. The number of rotatable bonds is 6. The van der Waals surface area contributed by atoms with Gasteiger partial charge in [-0.2, -0.15) is 4.31 Å². The Labute approximate surface area is 187 Å². The van der Waals surface area contributed by atoms with Crippen LogP contribution in [0.5, 0.6) is 0 Å². The number of nitrogens with zero attached hydrogens (tertiary/aromatic N) is 6. The number of piperazine rings is 1. The summed E-state index contributed by atoms with van der Waals surface area (Å²) in [5.41, 5.74) is 2.61. The van der Waals surface area contributed by atoms with Gasteiger partial charge in [-0.05, 0) is 47.0 Å². The Morgan fingerprint density at radius 2 is 1.75 bits per heavy atom. The fourth-order valence-corrected chi connectivity index (χ4v) is 5.66. The zero-order valence-corrected chi connectivity index (χ0v) is 18.9. The van der Waals surface area contributed by atoms with Gasteiger partial charge in [0.2, 0.25) is 15.9 Å². The number of aryl methyl sites for hydroxylation is 2. The minimum Gasteiger partial charge on any atom is -0.338 e. The molecule has 1 saturated heterocycles. The van der Waals surface area contributed by atoms with Crippen molar-refractivity contribution in [1.82, 2.24) is 29.4 Å². The van der Waals surface area contributed by atoms with Gasteiger partial charge in [0.1, 0.15) is 12.4 Å². The van der Waals surface area contributed by atoms with Crippen LogP contribution in [0.4, 0.5) is 0 Å². The van der Waals surface area contributed by atoms with E-state index in [1.807, 2.05) is 49.4 Å². The number of amides is 1. The Morgan fingerprint density at radius 1 is 1.03 bits per heavy atom. The number of tetrazole rings is 1. The van der Waals surface area contributed by atoms with Crippen molar-refractivity contribution >= 4 is 15.9 Å². The lowest BCUT2D eigenvalue weighted by atomic mass is 10.0. The molecule has 1 fully saturated rings. The average molecular weight is 455 g/mol. The van der Waals surface area contributed by atoms with Gasteiger partial charge in [-0.15, -0.1) is 5.10 Å². The molecule has 1 amide bonds. The van der Waals surface area contributed by atoms with E-state index in [0.717, 1.165) is 16.7 Å². The minimum atomic E-state index is -3.62. The molecule has 2 heterocycles. The van der Waals surface area contributed by atoms with Crippen molar-refractivity contribution in [2.24, 2.45) is 0 Å². The van der Waals surface area contributed by atoms with E-state index in [2.05, 4.69) is 15.5 Å². The first-order valence-corrected chi connectivity index (χ1v) is 11.9. The summed E-state index contributed by atoms with van der Waals surface area (Å²) in [5, 5.41) is 11.3. The van der Waals surface area contributed by atoms with Crippen LogP contribution < -0.4 is 0 Å². The van der Waals surface area contributed by atoms with Crippen LogP contribution in [0.1, 0.15) is 22.7 Å². The molecular weight excluding hydrogens is 428 g/mol. The van der Waals surface area contributed by atoms with Gasteiger partial charge in [-0.25, -0.2) is 13.1 Å². The maximum atomic E-state index is 13.4. The molecule has 1 aromatic heterocycles. The zero-order valence-electron chi connectivity index (χ0n) is 18.1. The molecule has 168 valence electrons. The minimum absolute atomic E-state index is 0.120. The smallest absolute Gasteiger partial charge is 0.248 e. The second kappa shape index (κ2) is 9.17. The summed E-state index contributed by atoms with van der Waals surface area (Å²) in [4.78, 5) is 15.4. The van der Waals surface area contributed by atoms with Crippen LogP contribution in [0.25, 0.3) is 0 Å². The summed E-state index contributed by atoms with van der Waals surface area (Å²) in [5.74, 6) is -0.120. The zero-order chi connectivity index (χ0) is 22.7. The van der Waals surface area contributed by atoms with E-state index in [1.54, 1.807) is 17.9 Å². The Hall–Kier alpha value is -3.11. The molecule has 1 aliphatic heterocycles. The molecule has 32 heavy (non-hydrogen) atoms. The number of carbonyl (C=O) groups is 1. The first-order chi connectivity index (χ1) is 15.4. The van der Waals surface area contributed by atoms with Gasteiger partial charge in [0.15, 0.2) is 0 Å². The van der Waals surface area contributed by atoms with Gasteiger partial charge in [0.05, 0.1) is 4.90 Å². The van der Waals surface area contributed by atoms with Crippen LogP contribution in [0.3, 0.4) is 0 Å². The first-order valence-electron chi connectivity index (χ1n) is 10.5. The highest BCUT2D eigenvalue weighted by atomic mass is 32.2. The summed E-state index contributed by atoms with van der Waals surface area (Å²) < 4.78 is 29.3. The molecule has 0 spiro atoms. The first kappa shape index (κ1) is 22.1. The largest absolute Gasteiger partial charge is 0.338 e. The highest BCUT2D eigenvalue weighted by Crippen LogP contribution is 2.24. The molecule has 0 radical (unpaired) electrons. The molecule has 4 rings (SSSR count). The summed E-state index contributed by atoms with van der Waals surface area (Å²) in [6.07, 6.45) is 1.89. The Morgan fingerprint density at radius 3 is 2.41 bits per heavy atom. The van der Waals surface area contributed by atoms with Crippen molar-refractivity contribution in [1.29, 1.82) is 0 Å². The molecule has 0 aliphatic carbocycles. The summed E-state index contributed by atoms with van der Waals surface area (Å²) in [7, 11) is -3.62. The van der Waals surface area contributed by atoms with Gasteiger partial charge < -0.3 is 4.90 Å². The molecule has 1 unspecified atom stereocenters. The summed E-state index contributed by atoms with van der Waals surface area (Å²) in [6.45, 7) is 4.80. The van der Waals surface area contributed by atoms with E-state index in [-0.39, 0.29) is 19.0 Å². The Balaban J connectivity index is 1.49. The van der Waals surface area contributed by atoms with Crippen LogP contribution >= 0.6 is 0 Å². The number of carbonyl (C=O) groups excluding carboxylic acids is 1. The van der Waals surface area contributed by atoms with E-state index in [4.69, 9.17) is 0 Å². The summed E-state index contributed by atoms with van der Waals surface area (Å²) in [6, 6.07) is 14.5. The van der Waals surface area contributed by atoms with Crippen molar-refractivity contribution < 1.29 is 13.2 Å². The van der Waals surface area contributed by atoms with Gasteiger partial charge in [0, 0.05) is 32.6 Å². The molecule has 3 aromatic rings. The molecule has 2 aromatic carbocycles. The molecule has 0 bridgehead atoms. The highest BCUT2D eigenvalue weighted by molar-refractivity contribution is 7.89. The maximum Gasteiger partial charge on any atom is 0.248 e. The molecule has 1 atom stereocenters. The standard InChI is InChI=1S/C22H26N6O3S/c1-17-8-9-18(2)21(14-17)32(30,31)27-12-10-26(11-13-27)22(29)20(28-16-23-24-25-28)15-19-6-4-3-5-7-19/h3-9,14,16,20H,10-13,15H2,1-2H3. The lowest BCUT2D eigenvalue weighted by Crippen LogP contribution is -2.52. The van der Waals surface area contributed by atoms with Gasteiger partial charge in [-0.3, -0.25) is 4.79 Å². The van der Waals surface area contributed by atoms with Crippen molar-refractivity contribution in [3.05, 3.63) is 71.5 Å². The van der Waals surface area contributed by atoms with Crippen LogP contribution in [-0.4, -0.2) is 69.9 Å². The number of hydrogen-bond donors (Lipinski definition) is 0. The average Bonchev–Trinajstić information content (AvgIpc) is 3.34. The van der Waals surface area contributed by atoms with Gasteiger partial charge >= 0.3 is 0 Å². The SMILES string of the molecule is Cc1ccc(C)c(S(=O)(=O)N2CCN(C(=O)C(Cc3ccccc3)n3cnnn3)CC2)c1. The number of aromatic nitrogens is 4. The third-order valence-electron chi connectivity index (χ3n) is 5.75. The van der Waals surface area contributed by atoms with E-state index in [1.165, 1.54) is 15.3 Å². The van der Waals surface area contributed by atoms with Crippen molar-refractivity contribution in [3.63, 3.8) is 0 Å². The fourth-order valence-electron chi connectivity index (χ4n) is 3.93. The van der Waals surface area contributed by atoms with Gasteiger partial charge in [-0.1, -0.05) is 42.5 Å². The fraction of sp³-hybridized carbons (Fsp3) is 0.364. The molecule has 0 saturated carbocycles. The predicted octanol–water partition coefficient (Wildman–Crippen LogP) is 1.61. The Kier molecular flexibility index (Phi) is 6.33. The normalized spacial score (nSPS) is 16.1. The van der Waals surface area contributed by atoms with E-state index in [0.29, 0.717) is 24.4 Å². The van der Waals surface area contributed by atoms with Crippen molar-refractivity contribution in [3.8, 4) is 0 Å². The van der Waals surface area contributed by atoms with Crippen LogP contribution in [0.2, 0.25) is 0 Å². The Bertz CT molecular complexity index is 1170. The van der Waals surface area contributed by atoms with Gasteiger partial charge in [0.25, 0.3) is 0 Å². The lowest BCUT2D eigenvalue weighted by Gasteiger charge is -2.36.